The SMILES string of the molecule is Br.Br.COCc1ccccc1. The number of hydrogen-bond acceptors (Lipinski definition) is 1. The molecular weight excluding hydrogens is 272 g/mol. The molecule has 0 aliphatic carbocycles. The fourth-order valence-corrected chi connectivity index (χ4v) is 0.741. The lowest BCUT2D eigenvalue weighted by Gasteiger charge is -1.95. The van der Waals surface area contributed by atoms with Crippen LogP contribution in [0.1, 0.15) is 5.56 Å². The van der Waals surface area contributed by atoms with E-state index in [0.717, 1.165) is 0 Å². The van der Waals surface area contributed by atoms with E-state index in [9.17, 15) is 0 Å². The number of halogens is 2. The van der Waals surface area contributed by atoms with Crippen LogP contribution in [0, 0.1) is 0 Å². The molecule has 0 saturated carbocycles. The predicted molar refractivity (Wildman–Crippen MR) is 57.8 cm³/mol. The van der Waals surface area contributed by atoms with Gasteiger partial charge in [-0.05, 0) is 5.56 Å². The monoisotopic (exact) mass is 282 g/mol. The molecule has 3 heteroatoms. The van der Waals surface area contributed by atoms with Gasteiger partial charge >= 0.3 is 0 Å². The average Bonchev–Trinajstić information content (AvgIpc) is 1.91. The summed E-state index contributed by atoms with van der Waals surface area (Å²) >= 11 is 0. The molecule has 0 heterocycles. The summed E-state index contributed by atoms with van der Waals surface area (Å²) in [5, 5.41) is 0. The number of hydrogen-bond donors (Lipinski definition) is 0. The highest BCUT2D eigenvalue weighted by atomic mass is 79.9. The Kier molecular flexibility index (Phi) is 10.3. The lowest BCUT2D eigenvalue weighted by Crippen LogP contribution is -1.84. The van der Waals surface area contributed by atoms with Gasteiger partial charge in [-0.15, -0.1) is 34.0 Å². The Balaban J connectivity index is 0. The Labute approximate surface area is 88.3 Å². The molecule has 0 spiro atoms. The molecule has 1 rings (SSSR count). The van der Waals surface area contributed by atoms with Crippen LogP contribution in [-0.2, 0) is 11.3 Å². The van der Waals surface area contributed by atoms with Crippen molar-refractivity contribution in [1.82, 2.24) is 0 Å². The molecule has 11 heavy (non-hydrogen) atoms. The molecule has 0 bridgehead atoms. The maximum atomic E-state index is 4.93. The van der Waals surface area contributed by atoms with Gasteiger partial charge in [0.2, 0.25) is 0 Å². The van der Waals surface area contributed by atoms with Crippen molar-refractivity contribution in [2.24, 2.45) is 0 Å². The molecule has 0 aromatic heterocycles. The average molecular weight is 284 g/mol. The van der Waals surface area contributed by atoms with Crippen molar-refractivity contribution in [1.29, 1.82) is 0 Å². The van der Waals surface area contributed by atoms with Crippen LogP contribution >= 0.6 is 34.0 Å². The van der Waals surface area contributed by atoms with Crippen LogP contribution in [0.5, 0.6) is 0 Å². The van der Waals surface area contributed by atoms with Gasteiger partial charge < -0.3 is 4.74 Å². The van der Waals surface area contributed by atoms with Crippen molar-refractivity contribution in [2.45, 2.75) is 6.61 Å². The van der Waals surface area contributed by atoms with Crippen molar-refractivity contribution in [3.8, 4) is 0 Å². The lowest BCUT2D eigenvalue weighted by atomic mass is 10.2. The highest BCUT2D eigenvalue weighted by molar-refractivity contribution is 8.93. The maximum Gasteiger partial charge on any atom is 0.0713 e. The quantitative estimate of drug-likeness (QED) is 0.811. The smallest absolute Gasteiger partial charge is 0.0713 e. The summed E-state index contributed by atoms with van der Waals surface area (Å²) < 4.78 is 4.93. The first-order valence-electron chi connectivity index (χ1n) is 2.96. The van der Waals surface area contributed by atoms with Crippen molar-refractivity contribution < 1.29 is 4.74 Å². The summed E-state index contributed by atoms with van der Waals surface area (Å²) in [6.45, 7) is 0.709. The van der Waals surface area contributed by atoms with Gasteiger partial charge in [0.05, 0.1) is 6.61 Å². The molecule has 0 unspecified atom stereocenters. The number of ether oxygens (including phenoxy) is 1. The van der Waals surface area contributed by atoms with Crippen LogP contribution in [-0.4, -0.2) is 7.11 Å². The summed E-state index contributed by atoms with van der Waals surface area (Å²) in [6.07, 6.45) is 0. The van der Waals surface area contributed by atoms with E-state index in [4.69, 9.17) is 4.74 Å². The fraction of sp³-hybridized carbons (Fsp3) is 0.250. The topological polar surface area (TPSA) is 9.23 Å². The Morgan fingerprint density at radius 3 is 2.09 bits per heavy atom. The first-order chi connectivity index (χ1) is 4.43. The third kappa shape index (κ3) is 5.41. The first-order valence-corrected chi connectivity index (χ1v) is 2.96. The van der Waals surface area contributed by atoms with Crippen molar-refractivity contribution in [3.63, 3.8) is 0 Å². The Bertz CT molecular complexity index is 165. The number of benzene rings is 1. The van der Waals surface area contributed by atoms with Crippen LogP contribution in [0.3, 0.4) is 0 Å². The molecule has 0 aliphatic heterocycles. The highest BCUT2D eigenvalue weighted by Crippen LogP contribution is 1.98. The minimum Gasteiger partial charge on any atom is -0.380 e. The Morgan fingerprint density at radius 2 is 1.64 bits per heavy atom. The normalized spacial score (nSPS) is 7.73. The largest absolute Gasteiger partial charge is 0.380 e. The predicted octanol–water partition coefficient (Wildman–Crippen LogP) is 2.99. The van der Waals surface area contributed by atoms with E-state index in [1.807, 2.05) is 30.3 Å². The Morgan fingerprint density at radius 1 is 1.09 bits per heavy atom. The minimum absolute atomic E-state index is 0. The second-order valence-electron chi connectivity index (χ2n) is 1.92. The first kappa shape index (κ1) is 13.7. The van der Waals surface area contributed by atoms with Crippen molar-refractivity contribution in [3.05, 3.63) is 35.9 Å². The highest BCUT2D eigenvalue weighted by Gasteiger charge is 1.84. The van der Waals surface area contributed by atoms with Gasteiger partial charge in [-0.3, -0.25) is 0 Å². The molecule has 0 amide bonds. The molecule has 64 valence electrons. The third-order valence-corrected chi connectivity index (χ3v) is 1.15. The van der Waals surface area contributed by atoms with Gasteiger partial charge in [0.25, 0.3) is 0 Å². The van der Waals surface area contributed by atoms with E-state index < -0.39 is 0 Å². The lowest BCUT2D eigenvalue weighted by molar-refractivity contribution is 0.185. The Hall–Kier alpha value is 0.140. The molecule has 1 nitrogen and oxygen atoms in total. The fourth-order valence-electron chi connectivity index (χ4n) is 0.741. The zero-order valence-electron chi connectivity index (χ0n) is 6.32. The zero-order valence-corrected chi connectivity index (χ0v) is 9.74. The van der Waals surface area contributed by atoms with Gasteiger partial charge in [-0.2, -0.15) is 0 Å². The van der Waals surface area contributed by atoms with E-state index in [1.165, 1.54) is 5.56 Å². The second-order valence-corrected chi connectivity index (χ2v) is 1.92. The van der Waals surface area contributed by atoms with Gasteiger partial charge in [0.1, 0.15) is 0 Å². The minimum atomic E-state index is 0. The van der Waals surface area contributed by atoms with Gasteiger partial charge in [0, 0.05) is 7.11 Å². The second kappa shape index (κ2) is 8.24. The molecule has 0 radical (unpaired) electrons. The van der Waals surface area contributed by atoms with Gasteiger partial charge in [0.15, 0.2) is 0 Å². The van der Waals surface area contributed by atoms with E-state index in [1.54, 1.807) is 7.11 Å². The summed E-state index contributed by atoms with van der Waals surface area (Å²) in [5.74, 6) is 0. The molecule has 1 aromatic rings. The number of methoxy groups -OCH3 is 1. The van der Waals surface area contributed by atoms with Crippen LogP contribution < -0.4 is 0 Å². The zero-order chi connectivity index (χ0) is 6.53. The van der Waals surface area contributed by atoms with Crippen LogP contribution in [0.2, 0.25) is 0 Å². The van der Waals surface area contributed by atoms with Gasteiger partial charge in [-0.25, -0.2) is 0 Å². The summed E-state index contributed by atoms with van der Waals surface area (Å²) in [6, 6.07) is 10.1. The van der Waals surface area contributed by atoms with Crippen LogP contribution in [0.4, 0.5) is 0 Å². The summed E-state index contributed by atoms with van der Waals surface area (Å²) in [5.41, 5.74) is 1.22. The van der Waals surface area contributed by atoms with E-state index in [0.29, 0.717) is 6.61 Å². The molecule has 0 fully saturated rings. The van der Waals surface area contributed by atoms with Gasteiger partial charge in [-0.1, -0.05) is 30.3 Å². The standard InChI is InChI=1S/C8H10O.2BrH/c1-9-7-8-5-3-2-4-6-8;;/h2-6H,7H2,1H3;2*1H. The molecule has 1 aromatic carbocycles. The van der Waals surface area contributed by atoms with Crippen LogP contribution in [0.15, 0.2) is 30.3 Å². The molecule has 0 aliphatic rings. The van der Waals surface area contributed by atoms with Crippen LogP contribution in [0.25, 0.3) is 0 Å². The summed E-state index contributed by atoms with van der Waals surface area (Å²) in [4.78, 5) is 0. The van der Waals surface area contributed by atoms with E-state index in [2.05, 4.69) is 0 Å². The van der Waals surface area contributed by atoms with Crippen molar-refractivity contribution in [2.75, 3.05) is 7.11 Å². The van der Waals surface area contributed by atoms with E-state index in [-0.39, 0.29) is 34.0 Å². The summed E-state index contributed by atoms with van der Waals surface area (Å²) in [7, 11) is 1.70. The number of rotatable bonds is 2. The molecule has 0 atom stereocenters. The maximum absolute atomic E-state index is 4.93. The van der Waals surface area contributed by atoms with E-state index >= 15 is 0 Å². The van der Waals surface area contributed by atoms with Crippen molar-refractivity contribution >= 4 is 34.0 Å². The molecular formula is C8H12Br2O. The molecule has 0 saturated heterocycles. The third-order valence-electron chi connectivity index (χ3n) is 1.15. The molecule has 0 N–H and O–H groups in total.